The molecule has 0 aromatic carbocycles. The number of morpholine rings is 1. The van der Waals surface area contributed by atoms with Crippen molar-refractivity contribution in [2.45, 2.75) is 45.3 Å². The standard InChI is InChI=1S/C14H25BrN4O/c1-4-14(3,18-6-8-20-9-7-18)13(16)12-11(15)10-17-19(12)5-2/h10,13H,4-9,16H2,1-3H3. The van der Waals surface area contributed by atoms with Crippen LogP contribution in [0.5, 0.6) is 0 Å². The molecule has 20 heavy (non-hydrogen) atoms. The Bertz CT molecular complexity index is 444. The minimum Gasteiger partial charge on any atom is -0.379 e. The number of aromatic nitrogens is 2. The summed E-state index contributed by atoms with van der Waals surface area (Å²) in [5.41, 5.74) is 7.67. The van der Waals surface area contributed by atoms with Crippen LogP contribution in [0.4, 0.5) is 0 Å². The Balaban J connectivity index is 2.31. The molecule has 2 atom stereocenters. The summed E-state index contributed by atoms with van der Waals surface area (Å²) in [5, 5.41) is 4.39. The highest BCUT2D eigenvalue weighted by molar-refractivity contribution is 9.10. The molecule has 0 aliphatic carbocycles. The van der Waals surface area contributed by atoms with Crippen LogP contribution >= 0.6 is 15.9 Å². The highest BCUT2D eigenvalue weighted by atomic mass is 79.9. The first kappa shape index (κ1) is 15.9. The highest BCUT2D eigenvalue weighted by Gasteiger charge is 2.40. The molecule has 1 fully saturated rings. The first-order valence-corrected chi connectivity index (χ1v) is 8.13. The van der Waals surface area contributed by atoms with E-state index in [2.05, 4.69) is 46.7 Å². The lowest BCUT2D eigenvalue weighted by Crippen LogP contribution is -2.57. The third-order valence-corrected chi connectivity index (χ3v) is 5.16. The predicted molar refractivity (Wildman–Crippen MR) is 83.6 cm³/mol. The van der Waals surface area contributed by atoms with Crippen molar-refractivity contribution in [2.24, 2.45) is 5.73 Å². The zero-order chi connectivity index (χ0) is 14.8. The number of aryl methyl sites for hydroxylation is 1. The maximum absolute atomic E-state index is 6.66. The molecule has 1 aromatic heterocycles. The number of hydrogen-bond acceptors (Lipinski definition) is 4. The molecule has 0 amide bonds. The van der Waals surface area contributed by atoms with Gasteiger partial charge in [0.1, 0.15) is 0 Å². The van der Waals surface area contributed by atoms with Crippen LogP contribution in [-0.4, -0.2) is 46.5 Å². The van der Waals surface area contributed by atoms with Gasteiger partial charge in [-0.2, -0.15) is 5.10 Å². The average Bonchev–Trinajstić information content (AvgIpc) is 2.87. The van der Waals surface area contributed by atoms with Crippen molar-refractivity contribution in [3.63, 3.8) is 0 Å². The van der Waals surface area contributed by atoms with Crippen molar-refractivity contribution < 1.29 is 4.74 Å². The van der Waals surface area contributed by atoms with Gasteiger partial charge in [0.25, 0.3) is 0 Å². The third-order valence-electron chi connectivity index (χ3n) is 4.55. The van der Waals surface area contributed by atoms with Crippen LogP contribution < -0.4 is 5.73 Å². The van der Waals surface area contributed by atoms with Gasteiger partial charge in [-0.15, -0.1) is 0 Å². The number of ether oxygens (including phenoxy) is 1. The van der Waals surface area contributed by atoms with E-state index in [0.717, 1.165) is 49.4 Å². The minimum absolute atomic E-state index is 0.0811. The van der Waals surface area contributed by atoms with E-state index < -0.39 is 0 Å². The molecule has 1 aliphatic rings. The average molecular weight is 345 g/mol. The molecule has 114 valence electrons. The van der Waals surface area contributed by atoms with Crippen molar-refractivity contribution in [1.82, 2.24) is 14.7 Å². The SMILES string of the molecule is CCn1ncc(Br)c1C(N)C(C)(CC)N1CCOCC1. The molecule has 1 aliphatic heterocycles. The van der Waals surface area contributed by atoms with Gasteiger partial charge < -0.3 is 10.5 Å². The molecule has 2 unspecified atom stereocenters. The molecule has 0 radical (unpaired) electrons. The van der Waals surface area contributed by atoms with Crippen LogP contribution in [0.25, 0.3) is 0 Å². The summed E-state index contributed by atoms with van der Waals surface area (Å²) < 4.78 is 8.46. The molecule has 1 aromatic rings. The molecule has 2 N–H and O–H groups in total. The van der Waals surface area contributed by atoms with Gasteiger partial charge in [-0.25, -0.2) is 0 Å². The predicted octanol–water partition coefficient (Wildman–Crippen LogP) is 2.17. The first-order chi connectivity index (χ1) is 9.54. The quantitative estimate of drug-likeness (QED) is 0.889. The summed E-state index contributed by atoms with van der Waals surface area (Å²) >= 11 is 3.60. The van der Waals surface area contributed by atoms with Crippen molar-refractivity contribution >= 4 is 15.9 Å². The van der Waals surface area contributed by atoms with Crippen molar-refractivity contribution in [2.75, 3.05) is 26.3 Å². The number of rotatable bonds is 5. The van der Waals surface area contributed by atoms with Gasteiger partial charge in [-0.3, -0.25) is 9.58 Å². The molecule has 2 heterocycles. The molecule has 0 spiro atoms. The summed E-state index contributed by atoms with van der Waals surface area (Å²) in [4.78, 5) is 2.46. The van der Waals surface area contributed by atoms with E-state index >= 15 is 0 Å². The van der Waals surface area contributed by atoms with E-state index in [1.165, 1.54) is 0 Å². The second-order valence-corrected chi connectivity index (χ2v) is 6.34. The van der Waals surface area contributed by atoms with Crippen LogP contribution in [0.1, 0.15) is 38.9 Å². The minimum atomic E-state index is -0.0841. The number of nitrogens with zero attached hydrogens (tertiary/aromatic N) is 3. The lowest BCUT2D eigenvalue weighted by Gasteiger charge is -2.46. The molecular weight excluding hydrogens is 320 g/mol. The fraction of sp³-hybridized carbons (Fsp3) is 0.786. The molecule has 2 rings (SSSR count). The van der Waals surface area contributed by atoms with Crippen LogP contribution in [0.2, 0.25) is 0 Å². The fourth-order valence-corrected chi connectivity index (χ4v) is 3.48. The fourth-order valence-electron chi connectivity index (χ4n) is 2.94. The van der Waals surface area contributed by atoms with Crippen molar-refractivity contribution in [1.29, 1.82) is 0 Å². The van der Waals surface area contributed by atoms with Crippen LogP contribution in [0.15, 0.2) is 10.7 Å². The van der Waals surface area contributed by atoms with Gasteiger partial charge in [0.2, 0.25) is 0 Å². The second kappa shape index (κ2) is 6.56. The zero-order valence-electron chi connectivity index (χ0n) is 12.6. The summed E-state index contributed by atoms with van der Waals surface area (Å²) in [6.45, 7) is 10.8. The monoisotopic (exact) mass is 344 g/mol. The largest absolute Gasteiger partial charge is 0.379 e. The maximum Gasteiger partial charge on any atom is 0.0712 e. The Morgan fingerprint density at radius 3 is 2.65 bits per heavy atom. The van der Waals surface area contributed by atoms with E-state index in [-0.39, 0.29) is 11.6 Å². The molecule has 0 bridgehead atoms. The van der Waals surface area contributed by atoms with Gasteiger partial charge in [0.05, 0.1) is 35.6 Å². The summed E-state index contributed by atoms with van der Waals surface area (Å²) in [6, 6.07) is -0.0811. The van der Waals surface area contributed by atoms with E-state index in [1.807, 2.05) is 10.9 Å². The Morgan fingerprint density at radius 1 is 1.45 bits per heavy atom. The Morgan fingerprint density at radius 2 is 2.10 bits per heavy atom. The smallest absolute Gasteiger partial charge is 0.0712 e. The second-order valence-electron chi connectivity index (χ2n) is 5.48. The molecule has 5 nitrogen and oxygen atoms in total. The lowest BCUT2D eigenvalue weighted by atomic mass is 9.85. The summed E-state index contributed by atoms with van der Waals surface area (Å²) in [6.07, 6.45) is 2.84. The van der Waals surface area contributed by atoms with E-state index in [0.29, 0.717) is 0 Å². The zero-order valence-corrected chi connectivity index (χ0v) is 14.2. The molecule has 6 heteroatoms. The number of halogens is 1. The maximum atomic E-state index is 6.66. The molecule has 0 saturated carbocycles. The van der Waals surface area contributed by atoms with E-state index in [4.69, 9.17) is 10.5 Å². The summed E-state index contributed by atoms with van der Waals surface area (Å²) in [5.74, 6) is 0. The topological polar surface area (TPSA) is 56.3 Å². The third kappa shape index (κ3) is 2.79. The highest BCUT2D eigenvalue weighted by Crippen LogP contribution is 2.36. The normalized spacial score (nSPS) is 21.6. The summed E-state index contributed by atoms with van der Waals surface area (Å²) in [7, 11) is 0. The van der Waals surface area contributed by atoms with Crippen LogP contribution in [0.3, 0.4) is 0 Å². The van der Waals surface area contributed by atoms with Crippen LogP contribution in [-0.2, 0) is 11.3 Å². The van der Waals surface area contributed by atoms with E-state index in [9.17, 15) is 0 Å². The number of nitrogens with two attached hydrogens (primary N) is 1. The number of hydrogen-bond donors (Lipinski definition) is 1. The van der Waals surface area contributed by atoms with Gasteiger partial charge >= 0.3 is 0 Å². The van der Waals surface area contributed by atoms with E-state index in [1.54, 1.807) is 0 Å². The van der Waals surface area contributed by atoms with Gasteiger partial charge in [-0.1, -0.05) is 6.92 Å². The van der Waals surface area contributed by atoms with Gasteiger partial charge in [0.15, 0.2) is 0 Å². The van der Waals surface area contributed by atoms with Crippen molar-refractivity contribution in [3.8, 4) is 0 Å². The first-order valence-electron chi connectivity index (χ1n) is 7.34. The van der Waals surface area contributed by atoms with Crippen molar-refractivity contribution in [3.05, 3.63) is 16.4 Å². The Kier molecular flexibility index (Phi) is 5.23. The Labute approximate surface area is 129 Å². The Hall–Kier alpha value is -0.430. The van der Waals surface area contributed by atoms with Gasteiger partial charge in [0, 0.05) is 25.2 Å². The van der Waals surface area contributed by atoms with Gasteiger partial charge in [-0.05, 0) is 36.2 Å². The van der Waals surface area contributed by atoms with Crippen LogP contribution in [0, 0.1) is 0 Å². The molecular formula is C14H25BrN4O. The molecule has 1 saturated heterocycles. The lowest BCUT2D eigenvalue weighted by molar-refractivity contribution is -0.0288.